The van der Waals surface area contributed by atoms with Gasteiger partial charge in [0.1, 0.15) is 29.1 Å². The number of hydrogen-bond donors (Lipinski definition) is 1. The zero-order valence-corrected chi connectivity index (χ0v) is 17.2. The molecule has 1 atom stereocenters. The first-order chi connectivity index (χ1) is 13.8. The molecule has 1 N–H and O–H groups in total. The number of nitrogens with one attached hydrogen (secondary N) is 1. The second-order valence-corrected chi connectivity index (χ2v) is 8.72. The average Bonchev–Trinajstić information content (AvgIpc) is 3.38. The molecule has 0 spiro atoms. The molecule has 0 amide bonds. The molecule has 0 bridgehead atoms. The van der Waals surface area contributed by atoms with E-state index < -0.39 is 0 Å². The van der Waals surface area contributed by atoms with Crippen LogP contribution in [-0.2, 0) is 4.74 Å². The van der Waals surface area contributed by atoms with Gasteiger partial charge in [-0.1, -0.05) is 30.3 Å². The van der Waals surface area contributed by atoms with Gasteiger partial charge in [-0.3, -0.25) is 0 Å². The van der Waals surface area contributed by atoms with E-state index in [9.17, 15) is 0 Å². The van der Waals surface area contributed by atoms with Crippen molar-refractivity contribution in [2.45, 2.75) is 25.9 Å². The van der Waals surface area contributed by atoms with Crippen LogP contribution in [0.3, 0.4) is 0 Å². The molecule has 2 saturated heterocycles. The van der Waals surface area contributed by atoms with Crippen LogP contribution >= 0.6 is 11.3 Å². The van der Waals surface area contributed by atoms with E-state index >= 15 is 0 Å². The molecule has 4 heterocycles. The smallest absolute Gasteiger partial charge is 0.142 e. The Morgan fingerprint density at radius 2 is 2.00 bits per heavy atom. The third-order valence-electron chi connectivity index (χ3n) is 5.92. The van der Waals surface area contributed by atoms with E-state index in [1.165, 1.54) is 29.4 Å². The lowest BCUT2D eigenvalue weighted by Crippen LogP contribution is -3.15. The van der Waals surface area contributed by atoms with Gasteiger partial charge in [0.25, 0.3) is 0 Å². The predicted molar refractivity (Wildman–Crippen MR) is 114 cm³/mol. The number of aryl methyl sites for hydroxylation is 1. The lowest BCUT2D eigenvalue weighted by Gasteiger charge is -2.34. The van der Waals surface area contributed by atoms with Crippen molar-refractivity contribution in [1.82, 2.24) is 9.97 Å². The topological polar surface area (TPSA) is 42.7 Å². The van der Waals surface area contributed by atoms with Gasteiger partial charge in [0.2, 0.25) is 0 Å². The van der Waals surface area contributed by atoms with Gasteiger partial charge in [-0.15, -0.1) is 11.3 Å². The summed E-state index contributed by atoms with van der Waals surface area (Å²) in [4.78, 5) is 14.8. The number of fused-ring (bicyclic) bond motifs is 1. The largest absolute Gasteiger partial charge is 0.372 e. The Morgan fingerprint density at radius 1 is 1.18 bits per heavy atom. The van der Waals surface area contributed by atoms with Crippen LogP contribution in [0, 0.1) is 6.92 Å². The van der Waals surface area contributed by atoms with Crippen LogP contribution in [-0.4, -0.2) is 55.4 Å². The normalized spacial score (nSPS) is 20.9. The first-order valence-electron chi connectivity index (χ1n) is 10.3. The van der Waals surface area contributed by atoms with Crippen molar-refractivity contribution >= 4 is 27.4 Å². The standard InChI is InChI=1S/C22H26N4OS/c1-16-23-21(26-11-9-25(10-12-26)14-18-8-5-13-27-18)20-19(15-28-22(20)24-16)17-6-3-2-4-7-17/h2-4,6-7,15,18H,5,8-14H2,1H3/p+1/t18-/m1/s1. The number of rotatable bonds is 4. The molecular weight excluding hydrogens is 368 g/mol. The summed E-state index contributed by atoms with van der Waals surface area (Å²) in [6, 6.07) is 10.6. The molecule has 0 radical (unpaired) electrons. The molecule has 2 fully saturated rings. The Balaban J connectivity index is 1.42. The minimum absolute atomic E-state index is 0.469. The summed E-state index contributed by atoms with van der Waals surface area (Å²) in [6.07, 6.45) is 2.92. The van der Waals surface area contributed by atoms with Gasteiger partial charge in [-0.25, -0.2) is 9.97 Å². The summed E-state index contributed by atoms with van der Waals surface area (Å²) in [5.74, 6) is 1.97. The number of hydrogen-bond acceptors (Lipinski definition) is 5. The molecule has 2 aliphatic heterocycles. The number of benzene rings is 1. The van der Waals surface area contributed by atoms with Crippen LogP contribution in [0.15, 0.2) is 35.7 Å². The van der Waals surface area contributed by atoms with Crippen LogP contribution in [0.5, 0.6) is 0 Å². The van der Waals surface area contributed by atoms with E-state index in [1.807, 2.05) is 6.92 Å². The molecule has 2 aromatic heterocycles. The highest BCUT2D eigenvalue weighted by atomic mass is 32.1. The summed E-state index contributed by atoms with van der Waals surface area (Å²) < 4.78 is 5.84. The molecule has 5 rings (SSSR count). The summed E-state index contributed by atoms with van der Waals surface area (Å²) in [5, 5.41) is 3.45. The number of nitrogens with zero attached hydrogens (tertiary/aromatic N) is 3. The fourth-order valence-electron chi connectivity index (χ4n) is 4.45. The summed E-state index contributed by atoms with van der Waals surface area (Å²) >= 11 is 1.72. The van der Waals surface area contributed by atoms with Crippen LogP contribution in [0.25, 0.3) is 21.3 Å². The molecule has 3 aromatic rings. The van der Waals surface area contributed by atoms with E-state index in [1.54, 1.807) is 16.2 Å². The van der Waals surface area contributed by atoms with Crippen molar-refractivity contribution in [2.75, 3.05) is 44.2 Å². The van der Waals surface area contributed by atoms with Gasteiger partial charge in [0.05, 0.1) is 31.6 Å². The summed E-state index contributed by atoms with van der Waals surface area (Å²) in [5.41, 5.74) is 2.50. The highest BCUT2D eigenvalue weighted by molar-refractivity contribution is 7.17. The molecule has 2 aliphatic rings. The number of thiophene rings is 1. The van der Waals surface area contributed by atoms with Gasteiger partial charge >= 0.3 is 0 Å². The Kier molecular flexibility index (Phi) is 5.01. The first-order valence-corrected chi connectivity index (χ1v) is 11.2. The van der Waals surface area contributed by atoms with Gasteiger partial charge in [0, 0.05) is 17.6 Å². The zero-order valence-electron chi connectivity index (χ0n) is 16.4. The van der Waals surface area contributed by atoms with Gasteiger partial charge in [0.15, 0.2) is 0 Å². The van der Waals surface area contributed by atoms with Gasteiger partial charge < -0.3 is 14.5 Å². The summed E-state index contributed by atoms with van der Waals surface area (Å²) in [7, 11) is 0. The van der Waals surface area contributed by atoms with E-state index in [0.29, 0.717) is 6.10 Å². The Bertz CT molecular complexity index is 944. The maximum atomic E-state index is 5.84. The van der Waals surface area contributed by atoms with Gasteiger partial charge in [-0.2, -0.15) is 0 Å². The number of quaternary nitrogens is 1. The molecular formula is C22H27N4OS+. The second kappa shape index (κ2) is 7.78. The predicted octanol–water partition coefficient (Wildman–Crippen LogP) is 2.55. The third-order valence-corrected chi connectivity index (χ3v) is 6.79. The quantitative estimate of drug-likeness (QED) is 0.737. The van der Waals surface area contributed by atoms with E-state index in [2.05, 4.69) is 40.6 Å². The van der Waals surface area contributed by atoms with Crippen molar-refractivity contribution in [3.63, 3.8) is 0 Å². The number of ether oxygens (including phenoxy) is 1. The lowest BCUT2D eigenvalue weighted by molar-refractivity contribution is -0.903. The maximum absolute atomic E-state index is 5.84. The first kappa shape index (κ1) is 18.0. The molecule has 5 nitrogen and oxygen atoms in total. The van der Waals surface area contributed by atoms with Crippen LogP contribution in [0.2, 0.25) is 0 Å². The Hall–Kier alpha value is -2.02. The Labute approximate surface area is 170 Å². The Morgan fingerprint density at radius 3 is 2.75 bits per heavy atom. The minimum atomic E-state index is 0.469. The lowest BCUT2D eigenvalue weighted by atomic mass is 10.1. The van der Waals surface area contributed by atoms with Crippen molar-refractivity contribution < 1.29 is 9.64 Å². The number of anilines is 1. The molecule has 0 aliphatic carbocycles. The highest BCUT2D eigenvalue weighted by Gasteiger charge is 2.28. The van der Waals surface area contributed by atoms with Crippen molar-refractivity contribution in [3.8, 4) is 11.1 Å². The fraction of sp³-hybridized carbons (Fsp3) is 0.455. The molecule has 0 unspecified atom stereocenters. The number of aromatic nitrogens is 2. The van der Waals surface area contributed by atoms with Gasteiger partial charge in [-0.05, 0) is 25.3 Å². The zero-order chi connectivity index (χ0) is 18.9. The molecule has 1 aromatic carbocycles. The maximum Gasteiger partial charge on any atom is 0.142 e. The molecule has 146 valence electrons. The monoisotopic (exact) mass is 395 g/mol. The minimum Gasteiger partial charge on any atom is -0.372 e. The highest BCUT2D eigenvalue weighted by Crippen LogP contribution is 2.38. The fourth-order valence-corrected chi connectivity index (χ4v) is 5.44. The number of piperazine rings is 1. The molecule has 0 saturated carbocycles. The van der Waals surface area contributed by atoms with E-state index in [0.717, 1.165) is 55.8 Å². The summed E-state index contributed by atoms with van der Waals surface area (Å²) in [6.45, 7) is 8.48. The molecule has 28 heavy (non-hydrogen) atoms. The van der Waals surface area contributed by atoms with Crippen molar-refractivity contribution in [3.05, 3.63) is 41.5 Å². The third kappa shape index (κ3) is 3.52. The van der Waals surface area contributed by atoms with Crippen LogP contribution < -0.4 is 9.80 Å². The van der Waals surface area contributed by atoms with E-state index in [4.69, 9.17) is 14.7 Å². The van der Waals surface area contributed by atoms with Crippen molar-refractivity contribution in [1.29, 1.82) is 0 Å². The van der Waals surface area contributed by atoms with E-state index in [-0.39, 0.29) is 0 Å². The SMILES string of the molecule is Cc1nc(N2CC[NH+](C[C@H]3CCCO3)CC2)c2c(-c3ccccc3)csc2n1. The second-order valence-electron chi connectivity index (χ2n) is 7.87. The van der Waals surface area contributed by atoms with Crippen LogP contribution in [0.1, 0.15) is 18.7 Å². The van der Waals surface area contributed by atoms with Crippen molar-refractivity contribution in [2.24, 2.45) is 0 Å². The average molecular weight is 396 g/mol. The van der Waals surface area contributed by atoms with Crippen LogP contribution in [0.4, 0.5) is 5.82 Å². The molecule has 6 heteroatoms.